The Kier molecular flexibility index (Phi) is 6.79. The van der Waals surface area contributed by atoms with Crippen molar-refractivity contribution in [1.29, 1.82) is 5.26 Å². The summed E-state index contributed by atoms with van der Waals surface area (Å²) < 4.78 is 42.3. The molecule has 12 heteroatoms. The van der Waals surface area contributed by atoms with Gasteiger partial charge >= 0.3 is 12.1 Å². The molecule has 0 aliphatic rings. The maximum absolute atomic E-state index is 12.7. The summed E-state index contributed by atoms with van der Waals surface area (Å²) in [5.41, 5.74) is 2.74. The molecule has 0 aliphatic carbocycles. The molecule has 2 aromatic heterocycles. The Hall–Kier alpha value is -4.24. The van der Waals surface area contributed by atoms with Crippen LogP contribution in [-0.2, 0) is 6.18 Å². The fourth-order valence-electron chi connectivity index (χ4n) is 3.08. The summed E-state index contributed by atoms with van der Waals surface area (Å²) in [6.07, 6.45) is -4.74. The lowest BCUT2D eigenvalue weighted by Crippen LogP contribution is -2.32. The van der Waals surface area contributed by atoms with E-state index in [4.69, 9.17) is 5.26 Å². The van der Waals surface area contributed by atoms with Crippen LogP contribution in [-0.4, -0.2) is 41.2 Å². The van der Waals surface area contributed by atoms with Gasteiger partial charge in [-0.3, -0.25) is 4.79 Å². The molecule has 0 spiro atoms. The van der Waals surface area contributed by atoms with E-state index in [1.165, 1.54) is 35.6 Å². The van der Waals surface area contributed by atoms with E-state index in [2.05, 4.69) is 31.0 Å². The maximum Gasteiger partial charge on any atom is 0.471 e. The SMILES string of the molecule is CN(CCNC(=O)c1cccc(-c2noc(C(F)(F)F)n2)c1)c1nc(-c2ccc(C#N)cc2)cs1. The van der Waals surface area contributed by atoms with Gasteiger partial charge in [-0.05, 0) is 24.3 Å². The number of nitrogens with one attached hydrogen (secondary N) is 1. The molecule has 4 rings (SSSR count). The average molecular weight is 498 g/mol. The fourth-order valence-corrected chi connectivity index (χ4v) is 3.91. The van der Waals surface area contributed by atoms with Crippen molar-refractivity contribution in [2.24, 2.45) is 0 Å². The summed E-state index contributed by atoms with van der Waals surface area (Å²) in [7, 11) is 1.85. The standard InChI is InChI=1S/C23H17F3N6O2S/c1-32(22-29-18(13-35-22)15-7-5-14(12-27)6-8-15)10-9-28-20(33)17-4-2-3-16(11-17)19-30-21(34-31-19)23(24,25)26/h2-8,11,13H,9-10H2,1H3,(H,28,33). The lowest BCUT2D eigenvalue weighted by molar-refractivity contribution is -0.159. The lowest BCUT2D eigenvalue weighted by atomic mass is 10.1. The normalized spacial score (nSPS) is 11.2. The first kappa shape index (κ1) is 23.9. The number of aromatic nitrogens is 3. The highest BCUT2D eigenvalue weighted by molar-refractivity contribution is 7.14. The molecule has 1 amide bonds. The molecule has 2 heterocycles. The fraction of sp³-hybridized carbons (Fsp3) is 0.174. The molecule has 0 radical (unpaired) electrons. The molecule has 0 unspecified atom stereocenters. The molecule has 0 saturated carbocycles. The van der Waals surface area contributed by atoms with Crippen LogP contribution in [0.15, 0.2) is 58.4 Å². The Bertz CT molecular complexity index is 1370. The second-order valence-corrected chi connectivity index (χ2v) is 8.22. The van der Waals surface area contributed by atoms with Crippen molar-refractivity contribution in [3.8, 4) is 28.7 Å². The highest BCUT2D eigenvalue weighted by atomic mass is 32.1. The number of hydrogen-bond donors (Lipinski definition) is 1. The van der Waals surface area contributed by atoms with Crippen LogP contribution in [0.4, 0.5) is 18.3 Å². The number of carbonyl (C=O) groups is 1. The van der Waals surface area contributed by atoms with Crippen LogP contribution in [0.5, 0.6) is 0 Å². The third-order valence-corrected chi connectivity index (χ3v) is 5.87. The van der Waals surface area contributed by atoms with Gasteiger partial charge in [-0.25, -0.2) is 4.98 Å². The highest BCUT2D eigenvalue weighted by Crippen LogP contribution is 2.30. The third kappa shape index (κ3) is 5.64. The first-order chi connectivity index (χ1) is 16.7. The van der Waals surface area contributed by atoms with Crippen molar-refractivity contribution in [1.82, 2.24) is 20.4 Å². The van der Waals surface area contributed by atoms with Crippen molar-refractivity contribution >= 4 is 22.4 Å². The van der Waals surface area contributed by atoms with Gasteiger partial charge in [0.05, 0.1) is 17.3 Å². The first-order valence-electron chi connectivity index (χ1n) is 10.2. The molecule has 0 bridgehead atoms. The second kappa shape index (κ2) is 9.94. The molecule has 4 aromatic rings. The molecule has 0 atom stereocenters. The smallest absolute Gasteiger partial charge is 0.350 e. The van der Waals surface area contributed by atoms with E-state index in [9.17, 15) is 18.0 Å². The van der Waals surface area contributed by atoms with Crippen LogP contribution in [0, 0.1) is 11.3 Å². The number of nitrogens with zero attached hydrogens (tertiary/aromatic N) is 5. The predicted molar refractivity (Wildman–Crippen MR) is 123 cm³/mol. The number of likely N-dealkylation sites (N-methyl/N-ethyl adjacent to an activating group) is 1. The van der Waals surface area contributed by atoms with Gasteiger partial charge in [-0.15, -0.1) is 11.3 Å². The summed E-state index contributed by atoms with van der Waals surface area (Å²) in [6, 6.07) is 15.2. The van der Waals surface area contributed by atoms with Gasteiger partial charge < -0.3 is 14.7 Å². The van der Waals surface area contributed by atoms with Crippen LogP contribution in [0.3, 0.4) is 0 Å². The minimum Gasteiger partial charge on any atom is -0.350 e. The largest absolute Gasteiger partial charge is 0.471 e. The van der Waals surface area contributed by atoms with Crippen LogP contribution < -0.4 is 10.2 Å². The molecule has 8 nitrogen and oxygen atoms in total. The summed E-state index contributed by atoms with van der Waals surface area (Å²) >= 11 is 1.46. The Morgan fingerprint density at radius 2 is 1.94 bits per heavy atom. The zero-order valence-corrected chi connectivity index (χ0v) is 19.0. The molecule has 35 heavy (non-hydrogen) atoms. The van der Waals surface area contributed by atoms with Crippen molar-refractivity contribution < 1.29 is 22.5 Å². The zero-order chi connectivity index (χ0) is 25.0. The number of benzene rings is 2. The topological polar surface area (TPSA) is 108 Å². The molecule has 0 aliphatic heterocycles. The van der Waals surface area contributed by atoms with Crippen molar-refractivity contribution in [3.63, 3.8) is 0 Å². The molecule has 2 aromatic carbocycles. The van der Waals surface area contributed by atoms with Crippen LogP contribution in [0.1, 0.15) is 21.8 Å². The second-order valence-electron chi connectivity index (χ2n) is 7.38. The third-order valence-electron chi connectivity index (χ3n) is 4.91. The van der Waals surface area contributed by atoms with Gasteiger partial charge in [0.15, 0.2) is 5.13 Å². The van der Waals surface area contributed by atoms with Crippen LogP contribution in [0.25, 0.3) is 22.6 Å². The zero-order valence-electron chi connectivity index (χ0n) is 18.2. The quantitative estimate of drug-likeness (QED) is 0.396. The molecule has 0 saturated heterocycles. The summed E-state index contributed by atoms with van der Waals surface area (Å²) in [4.78, 5) is 22.4. The Labute approximate surface area is 201 Å². The molecule has 1 N–H and O–H groups in total. The van der Waals surface area contributed by atoms with Crippen molar-refractivity contribution in [3.05, 3.63) is 70.9 Å². The van der Waals surface area contributed by atoms with Crippen molar-refractivity contribution in [2.75, 3.05) is 25.0 Å². The van der Waals surface area contributed by atoms with E-state index < -0.39 is 18.0 Å². The highest BCUT2D eigenvalue weighted by Gasteiger charge is 2.38. The predicted octanol–water partition coefficient (Wildman–Crippen LogP) is 4.62. The number of rotatable bonds is 7. The van der Waals surface area contributed by atoms with E-state index in [-0.39, 0.29) is 17.0 Å². The molecule has 178 valence electrons. The van der Waals surface area contributed by atoms with Crippen LogP contribution >= 0.6 is 11.3 Å². The minimum absolute atomic E-state index is 0.229. The number of alkyl halides is 3. The summed E-state index contributed by atoms with van der Waals surface area (Å²) in [5.74, 6) is -2.10. The monoisotopic (exact) mass is 498 g/mol. The van der Waals surface area contributed by atoms with Gasteiger partial charge in [0.25, 0.3) is 5.91 Å². The molecular weight excluding hydrogens is 481 g/mol. The Morgan fingerprint density at radius 1 is 1.17 bits per heavy atom. The number of hydrogen-bond acceptors (Lipinski definition) is 8. The van der Waals surface area contributed by atoms with E-state index in [0.29, 0.717) is 18.7 Å². The van der Waals surface area contributed by atoms with Crippen LogP contribution in [0.2, 0.25) is 0 Å². The van der Waals surface area contributed by atoms with Gasteiger partial charge in [0, 0.05) is 42.2 Å². The first-order valence-corrected chi connectivity index (χ1v) is 11.1. The van der Waals surface area contributed by atoms with Gasteiger partial charge in [0.2, 0.25) is 5.82 Å². The number of thiazole rings is 1. The summed E-state index contributed by atoms with van der Waals surface area (Å²) in [6.45, 7) is 0.789. The Balaban J connectivity index is 1.34. The number of halogens is 3. The van der Waals surface area contributed by atoms with Crippen molar-refractivity contribution in [2.45, 2.75) is 6.18 Å². The van der Waals surface area contributed by atoms with E-state index >= 15 is 0 Å². The van der Waals surface area contributed by atoms with E-state index in [1.807, 2.05) is 29.5 Å². The van der Waals surface area contributed by atoms with E-state index in [1.54, 1.807) is 12.1 Å². The Morgan fingerprint density at radius 3 is 2.63 bits per heavy atom. The maximum atomic E-state index is 12.7. The van der Waals surface area contributed by atoms with Gasteiger partial charge in [0.1, 0.15) is 0 Å². The number of nitriles is 1. The number of amides is 1. The van der Waals surface area contributed by atoms with Gasteiger partial charge in [-0.2, -0.15) is 23.4 Å². The lowest BCUT2D eigenvalue weighted by Gasteiger charge is -2.16. The molecule has 0 fully saturated rings. The van der Waals surface area contributed by atoms with Gasteiger partial charge in [-0.1, -0.05) is 29.4 Å². The number of carbonyl (C=O) groups excluding carboxylic acids is 1. The minimum atomic E-state index is -4.74. The van der Waals surface area contributed by atoms with E-state index in [0.717, 1.165) is 16.4 Å². The average Bonchev–Trinajstić information content (AvgIpc) is 3.55. The summed E-state index contributed by atoms with van der Waals surface area (Å²) in [5, 5.41) is 17.7. The number of anilines is 1. The molecular formula is C23H17F3N6O2S.